The first-order chi connectivity index (χ1) is 6.89. The molecule has 80 valence electrons. The fraction of sp³-hybridized carbons (Fsp3) is 0.125. The summed E-state index contributed by atoms with van der Waals surface area (Å²) in [7, 11) is -2.32. The SMILES string of the molecule is O=C(O)C1(S)Nc2ccccc2S1(=S)=S. The van der Waals surface area contributed by atoms with Gasteiger partial charge in [0.05, 0.1) is 5.69 Å². The average Bonchev–Trinajstić information content (AvgIpc) is 2.37. The smallest absolute Gasteiger partial charge is 0.351 e. The van der Waals surface area contributed by atoms with E-state index in [0.717, 1.165) is 0 Å². The van der Waals surface area contributed by atoms with Crippen molar-refractivity contribution >= 4 is 53.8 Å². The minimum absolute atomic E-state index is 0.676. The molecule has 1 atom stereocenters. The molecule has 1 heterocycles. The molecule has 3 nitrogen and oxygen atoms in total. The van der Waals surface area contributed by atoms with Gasteiger partial charge in [-0.15, -0.1) is 12.6 Å². The van der Waals surface area contributed by atoms with E-state index in [-0.39, 0.29) is 0 Å². The lowest BCUT2D eigenvalue weighted by Crippen LogP contribution is -2.42. The number of carboxylic acid groups (broad SMARTS) is 1. The van der Waals surface area contributed by atoms with E-state index in [2.05, 4.69) is 17.9 Å². The summed E-state index contributed by atoms with van der Waals surface area (Å²) in [4.78, 5) is 11.9. The van der Waals surface area contributed by atoms with Crippen LogP contribution in [0.25, 0.3) is 0 Å². The molecule has 1 aliphatic heterocycles. The quantitative estimate of drug-likeness (QED) is 0.674. The van der Waals surface area contributed by atoms with Crippen LogP contribution in [-0.4, -0.2) is 15.3 Å². The number of aliphatic carboxylic acids is 1. The van der Waals surface area contributed by atoms with E-state index in [1.54, 1.807) is 24.3 Å². The molecule has 2 N–H and O–H groups in total. The second kappa shape index (κ2) is 3.31. The molecule has 0 amide bonds. The molecule has 0 aromatic heterocycles. The molecule has 1 aliphatic rings. The molecular formula is C8H7NO2S4. The zero-order valence-electron chi connectivity index (χ0n) is 7.34. The standard InChI is InChI=1S/C8H7NO2S4/c10-7(11)8(12)9-5-3-1-2-4-6(5)15(8,13)14/h1-4,9,12H,(H,10,11). The predicted molar refractivity (Wildman–Crippen MR) is 69.8 cm³/mol. The van der Waals surface area contributed by atoms with E-state index >= 15 is 0 Å². The lowest BCUT2D eigenvalue weighted by Gasteiger charge is -2.21. The lowest BCUT2D eigenvalue weighted by atomic mass is 10.3. The summed E-state index contributed by atoms with van der Waals surface area (Å²) in [6, 6.07) is 7.12. The summed E-state index contributed by atoms with van der Waals surface area (Å²) in [5, 5.41) is 11.9. The minimum atomic E-state index is -2.32. The monoisotopic (exact) mass is 277 g/mol. The Morgan fingerprint density at radius 1 is 1.47 bits per heavy atom. The Morgan fingerprint density at radius 3 is 2.60 bits per heavy atom. The maximum atomic E-state index is 11.2. The highest BCUT2D eigenvalue weighted by Crippen LogP contribution is 2.42. The van der Waals surface area contributed by atoms with Crippen LogP contribution in [0.15, 0.2) is 29.2 Å². The van der Waals surface area contributed by atoms with Crippen LogP contribution in [-0.2, 0) is 34.3 Å². The molecule has 0 saturated carbocycles. The second-order valence-corrected chi connectivity index (χ2v) is 9.74. The second-order valence-electron chi connectivity index (χ2n) is 3.07. The molecular weight excluding hydrogens is 270 g/mol. The molecule has 15 heavy (non-hydrogen) atoms. The first kappa shape index (κ1) is 11.1. The Labute approximate surface area is 102 Å². The van der Waals surface area contributed by atoms with E-state index < -0.39 is 17.3 Å². The molecule has 0 radical (unpaired) electrons. The van der Waals surface area contributed by atoms with Crippen LogP contribution in [0.1, 0.15) is 0 Å². The van der Waals surface area contributed by atoms with Gasteiger partial charge in [0, 0.05) is 4.90 Å². The third-order valence-corrected chi connectivity index (χ3v) is 8.59. The average molecular weight is 277 g/mol. The molecule has 0 saturated heterocycles. The highest BCUT2D eigenvalue weighted by Gasteiger charge is 2.48. The predicted octanol–water partition coefficient (Wildman–Crippen LogP) is 1.22. The van der Waals surface area contributed by atoms with Gasteiger partial charge in [0.15, 0.2) is 0 Å². The number of carbonyl (C=O) groups is 1. The summed E-state index contributed by atoms with van der Waals surface area (Å²) in [5.41, 5.74) is 0.676. The van der Waals surface area contributed by atoms with Crippen LogP contribution in [0.4, 0.5) is 5.69 Å². The number of rotatable bonds is 1. The summed E-state index contributed by atoms with van der Waals surface area (Å²) >= 11 is 14.6. The van der Waals surface area contributed by atoms with Gasteiger partial charge in [-0.25, -0.2) is 4.79 Å². The van der Waals surface area contributed by atoms with Crippen molar-refractivity contribution in [3.05, 3.63) is 24.3 Å². The number of benzene rings is 1. The van der Waals surface area contributed by atoms with Gasteiger partial charge in [0.2, 0.25) is 4.20 Å². The first-order valence-electron chi connectivity index (χ1n) is 3.97. The van der Waals surface area contributed by atoms with Crippen molar-refractivity contribution in [2.24, 2.45) is 0 Å². The van der Waals surface area contributed by atoms with Gasteiger partial charge in [-0.05, 0) is 41.7 Å². The van der Waals surface area contributed by atoms with Gasteiger partial charge in [0.25, 0.3) is 0 Å². The van der Waals surface area contributed by atoms with E-state index in [9.17, 15) is 4.79 Å². The Kier molecular flexibility index (Phi) is 2.45. The Balaban J connectivity index is 2.73. The molecule has 0 bridgehead atoms. The van der Waals surface area contributed by atoms with Crippen molar-refractivity contribution in [2.75, 3.05) is 5.32 Å². The number of hydrogen-bond acceptors (Lipinski definition) is 5. The molecule has 7 heteroatoms. The minimum Gasteiger partial charge on any atom is -0.478 e. The number of para-hydroxylation sites is 1. The van der Waals surface area contributed by atoms with Gasteiger partial charge >= 0.3 is 5.97 Å². The molecule has 0 aliphatic carbocycles. The van der Waals surface area contributed by atoms with Crippen LogP contribution in [0.2, 0.25) is 0 Å². The Bertz CT molecular complexity index is 539. The maximum Gasteiger partial charge on any atom is 0.351 e. The highest BCUT2D eigenvalue weighted by molar-refractivity contribution is 8.59. The van der Waals surface area contributed by atoms with Crippen LogP contribution in [0.5, 0.6) is 0 Å². The molecule has 1 unspecified atom stereocenters. The molecule has 0 spiro atoms. The maximum absolute atomic E-state index is 11.2. The third kappa shape index (κ3) is 1.37. The van der Waals surface area contributed by atoms with Crippen molar-refractivity contribution < 1.29 is 9.90 Å². The lowest BCUT2D eigenvalue weighted by molar-refractivity contribution is -0.136. The molecule has 1 aromatic rings. The number of anilines is 1. The third-order valence-electron chi connectivity index (χ3n) is 2.16. The Hall–Kier alpha value is -0.370. The summed E-state index contributed by atoms with van der Waals surface area (Å²) < 4.78 is -1.53. The van der Waals surface area contributed by atoms with Gasteiger partial charge in [0.1, 0.15) is 0 Å². The fourth-order valence-corrected chi connectivity index (χ4v) is 4.81. The zero-order valence-corrected chi connectivity index (χ0v) is 10.7. The fourth-order valence-electron chi connectivity index (χ4n) is 1.38. The number of nitrogens with one attached hydrogen (secondary N) is 1. The van der Waals surface area contributed by atoms with Gasteiger partial charge in [-0.3, -0.25) is 0 Å². The van der Waals surface area contributed by atoms with Crippen LogP contribution < -0.4 is 5.32 Å². The van der Waals surface area contributed by atoms with Crippen molar-refractivity contribution in [3.63, 3.8) is 0 Å². The van der Waals surface area contributed by atoms with Crippen LogP contribution in [0.3, 0.4) is 0 Å². The van der Waals surface area contributed by atoms with Crippen molar-refractivity contribution in [2.45, 2.75) is 9.10 Å². The Morgan fingerprint density at radius 2 is 2.07 bits per heavy atom. The topological polar surface area (TPSA) is 49.3 Å². The zero-order chi connectivity index (χ0) is 11.3. The number of carboxylic acids is 1. The first-order valence-corrected chi connectivity index (χ1v) is 7.90. The summed E-state index contributed by atoms with van der Waals surface area (Å²) in [6.45, 7) is 0. The van der Waals surface area contributed by atoms with Gasteiger partial charge in [-0.1, -0.05) is 12.1 Å². The molecule has 1 aromatic carbocycles. The highest BCUT2D eigenvalue weighted by atomic mass is 33.1. The summed E-state index contributed by atoms with van der Waals surface area (Å²) in [5.74, 6) is -1.12. The van der Waals surface area contributed by atoms with Crippen LogP contribution >= 0.6 is 12.6 Å². The van der Waals surface area contributed by atoms with Gasteiger partial charge < -0.3 is 10.4 Å². The van der Waals surface area contributed by atoms with Crippen molar-refractivity contribution in [3.8, 4) is 0 Å². The van der Waals surface area contributed by atoms with Crippen molar-refractivity contribution in [1.82, 2.24) is 0 Å². The van der Waals surface area contributed by atoms with E-state index in [0.29, 0.717) is 10.6 Å². The largest absolute Gasteiger partial charge is 0.478 e. The number of thiol groups is 1. The molecule has 0 fully saturated rings. The number of hydrogen-bond donors (Lipinski definition) is 3. The summed E-state index contributed by atoms with van der Waals surface area (Å²) in [6.07, 6.45) is 0. The van der Waals surface area contributed by atoms with E-state index in [1.807, 2.05) is 0 Å². The number of fused-ring (bicyclic) bond motifs is 1. The van der Waals surface area contributed by atoms with E-state index in [4.69, 9.17) is 27.5 Å². The van der Waals surface area contributed by atoms with E-state index in [1.165, 1.54) is 0 Å². The van der Waals surface area contributed by atoms with Crippen molar-refractivity contribution in [1.29, 1.82) is 0 Å². The van der Waals surface area contributed by atoms with Gasteiger partial charge in [-0.2, -0.15) is 0 Å². The molecule has 2 rings (SSSR count). The van der Waals surface area contributed by atoms with Crippen LogP contribution in [0, 0.1) is 0 Å². The normalized spacial score (nSPS) is 26.7.